The summed E-state index contributed by atoms with van der Waals surface area (Å²) in [5, 5.41) is 14.6. The zero-order valence-corrected chi connectivity index (χ0v) is 17.3. The second-order valence-corrected chi connectivity index (χ2v) is 7.57. The second-order valence-electron chi connectivity index (χ2n) is 7.13. The van der Waals surface area contributed by atoms with E-state index >= 15 is 0 Å². The van der Waals surface area contributed by atoms with Gasteiger partial charge < -0.3 is 19.9 Å². The number of nitriles is 1. The molecule has 3 N–H and O–H groups in total. The van der Waals surface area contributed by atoms with Gasteiger partial charge in [0.25, 0.3) is 0 Å². The Morgan fingerprint density at radius 2 is 2.13 bits per heavy atom. The number of fused-ring (bicyclic) bond motifs is 1. The fraction of sp³-hybridized carbons (Fsp3) is 0.273. The first-order chi connectivity index (χ1) is 14.5. The van der Waals surface area contributed by atoms with Crippen molar-refractivity contribution in [2.45, 2.75) is 25.7 Å². The molecule has 0 aliphatic carbocycles. The number of methoxy groups -OCH3 is 1. The molecule has 0 amide bonds. The number of nitrogens with zero attached hydrogens (tertiary/aromatic N) is 2. The number of hydrogen-bond acceptors (Lipinski definition) is 7. The van der Waals surface area contributed by atoms with Crippen molar-refractivity contribution in [3.8, 4) is 17.6 Å². The van der Waals surface area contributed by atoms with Crippen LogP contribution in [-0.4, -0.2) is 19.0 Å². The van der Waals surface area contributed by atoms with Crippen LogP contribution in [0.25, 0.3) is 0 Å². The highest BCUT2D eigenvalue weighted by Crippen LogP contribution is 2.42. The minimum atomic E-state index is -0.402. The average Bonchev–Trinajstić information content (AvgIpc) is 3.11. The Labute approximate surface area is 179 Å². The van der Waals surface area contributed by atoms with Gasteiger partial charge in [-0.25, -0.2) is 0 Å². The van der Waals surface area contributed by atoms with Gasteiger partial charge in [-0.15, -0.1) is 0 Å². The van der Waals surface area contributed by atoms with E-state index in [-0.39, 0.29) is 24.3 Å². The lowest BCUT2D eigenvalue weighted by molar-refractivity contribution is 0.0454. The number of hydrogen-bond donors (Lipinski definition) is 2. The van der Waals surface area contributed by atoms with Crippen LogP contribution in [0.2, 0.25) is 5.02 Å². The Hall–Kier alpha value is -3.37. The summed E-state index contributed by atoms with van der Waals surface area (Å²) in [6.07, 6.45) is -0.402. The van der Waals surface area contributed by atoms with E-state index in [4.69, 9.17) is 31.5 Å². The molecule has 3 atom stereocenters. The van der Waals surface area contributed by atoms with Crippen LogP contribution in [0.5, 0.6) is 11.5 Å². The molecular formula is C22H21ClN4O3. The van der Waals surface area contributed by atoms with E-state index in [2.05, 4.69) is 16.6 Å². The topological polar surface area (TPSA) is 102 Å². The number of hydrazone groups is 1. The predicted octanol–water partition coefficient (Wildman–Crippen LogP) is 3.66. The largest absolute Gasteiger partial charge is 0.496 e. The van der Waals surface area contributed by atoms with Gasteiger partial charge in [0.05, 0.1) is 18.6 Å². The molecule has 0 saturated heterocycles. The van der Waals surface area contributed by atoms with Crippen molar-refractivity contribution in [3.05, 3.63) is 70.1 Å². The Morgan fingerprint density at radius 1 is 1.30 bits per heavy atom. The van der Waals surface area contributed by atoms with Gasteiger partial charge in [0, 0.05) is 22.2 Å². The number of benzene rings is 2. The van der Waals surface area contributed by atoms with Crippen LogP contribution < -0.4 is 20.6 Å². The summed E-state index contributed by atoms with van der Waals surface area (Å²) in [4.78, 5) is 0. The predicted molar refractivity (Wildman–Crippen MR) is 113 cm³/mol. The van der Waals surface area contributed by atoms with Gasteiger partial charge in [0.1, 0.15) is 24.2 Å². The van der Waals surface area contributed by atoms with Crippen molar-refractivity contribution < 1.29 is 14.2 Å². The molecule has 154 valence electrons. The molecular weight excluding hydrogens is 404 g/mol. The number of ether oxygens (including phenoxy) is 3. The van der Waals surface area contributed by atoms with Gasteiger partial charge in [-0.3, -0.25) is 5.43 Å². The molecule has 0 unspecified atom stereocenters. The first-order valence-electron chi connectivity index (χ1n) is 9.43. The average molecular weight is 425 g/mol. The Balaban J connectivity index is 1.70. The third-order valence-corrected chi connectivity index (χ3v) is 5.58. The van der Waals surface area contributed by atoms with E-state index in [1.54, 1.807) is 19.2 Å². The molecule has 7 nitrogen and oxygen atoms in total. The van der Waals surface area contributed by atoms with Crippen LogP contribution in [0.15, 0.2) is 59.0 Å². The van der Waals surface area contributed by atoms with E-state index in [9.17, 15) is 5.26 Å². The Kier molecular flexibility index (Phi) is 5.42. The SMILES string of the molecule is COc1ccc([C@@H]2C(C#N)=C(N)O[C@H]3NN=C(C)[C@H]32)cc1COc1cccc(Cl)c1. The highest BCUT2D eigenvalue weighted by Gasteiger charge is 2.45. The summed E-state index contributed by atoms with van der Waals surface area (Å²) in [7, 11) is 1.61. The molecule has 0 aromatic heterocycles. The molecule has 2 aromatic carbocycles. The van der Waals surface area contributed by atoms with E-state index in [0.29, 0.717) is 22.1 Å². The summed E-state index contributed by atoms with van der Waals surface area (Å²) < 4.78 is 17.1. The third-order valence-electron chi connectivity index (χ3n) is 5.34. The fourth-order valence-corrected chi connectivity index (χ4v) is 4.09. The molecule has 8 heteroatoms. The Bertz CT molecular complexity index is 1080. The normalized spacial score (nSPS) is 22.3. The summed E-state index contributed by atoms with van der Waals surface area (Å²) in [5.41, 5.74) is 12.0. The number of nitrogens with two attached hydrogens (primary N) is 1. The maximum Gasteiger partial charge on any atom is 0.201 e. The molecule has 0 spiro atoms. The fourth-order valence-electron chi connectivity index (χ4n) is 3.91. The van der Waals surface area contributed by atoms with Gasteiger partial charge in [0.15, 0.2) is 6.23 Å². The summed E-state index contributed by atoms with van der Waals surface area (Å²) in [6, 6.07) is 15.2. The van der Waals surface area contributed by atoms with Crippen LogP contribution in [-0.2, 0) is 11.3 Å². The van der Waals surface area contributed by atoms with Crippen LogP contribution in [0.1, 0.15) is 24.0 Å². The lowest BCUT2D eigenvalue weighted by Gasteiger charge is -2.34. The van der Waals surface area contributed by atoms with Crippen LogP contribution in [0.4, 0.5) is 0 Å². The summed E-state index contributed by atoms with van der Waals surface area (Å²) in [5.74, 6) is 1.04. The molecule has 2 aliphatic rings. The first-order valence-corrected chi connectivity index (χ1v) is 9.81. The van der Waals surface area contributed by atoms with Crippen molar-refractivity contribution in [1.29, 1.82) is 5.26 Å². The third kappa shape index (κ3) is 3.62. The smallest absolute Gasteiger partial charge is 0.201 e. The summed E-state index contributed by atoms with van der Waals surface area (Å²) >= 11 is 6.04. The zero-order valence-electron chi connectivity index (χ0n) is 16.6. The van der Waals surface area contributed by atoms with Gasteiger partial charge in [-0.1, -0.05) is 23.7 Å². The highest BCUT2D eigenvalue weighted by atomic mass is 35.5. The molecule has 0 radical (unpaired) electrons. The van der Waals surface area contributed by atoms with E-state index in [1.807, 2.05) is 37.3 Å². The molecule has 2 heterocycles. The minimum Gasteiger partial charge on any atom is -0.496 e. The molecule has 0 fully saturated rings. The standard InChI is InChI=1S/C22H21ClN4O3/c1-12-19-20(17(10-24)21(25)30-22(19)27-26-12)13-6-7-18(28-2)14(8-13)11-29-16-5-3-4-15(23)9-16/h3-9,19-20,22,27H,11,25H2,1-2H3/t19-,20+,22+/m0/s1. The Morgan fingerprint density at radius 3 is 2.87 bits per heavy atom. The maximum absolute atomic E-state index is 9.76. The second kappa shape index (κ2) is 8.17. The van der Waals surface area contributed by atoms with E-state index < -0.39 is 6.23 Å². The molecule has 2 aromatic rings. The van der Waals surface area contributed by atoms with Gasteiger partial charge in [-0.05, 0) is 42.8 Å². The van der Waals surface area contributed by atoms with Crippen molar-refractivity contribution in [2.75, 3.05) is 7.11 Å². The number of rotatable bonds is 5. The monoisotopic (exact) mass is 424 g/mol. The molecule has 2 aliphatic heterocycles. The van der Waals surface area contributed by atoms with Crippen molar-refractivity contribution in [1.82, 2.24) is 5.43 Å². The molecule has 0 saturated carbocycles. The molecule has 30 heavy (non-hydrogen) atoms. The van der Waals surface area contributed by atoms with Gasteiger partial charge >= 0.3 is 0 Å². The molecule has 4 rings (SSSR count). The van der Waals surface area contributed by atoms with Crippen LogP contribution in [0, 0.1) is 17.2 Å². The maximum atomic E-state index is 9.76. The first kappa shape index (κ1) is 19.9. The van der Waals surface area contributed by atoms with E-state index in [1.165, 1.54) is 0 Å². The van der Waals surface area contributed by atoms with Crippen molar-refractivity contribution in [2.24, 2.45) is 16.8 Å². The molecule has 0 bridgehead atoms. The van der Waals surface area contributed by atoms with Crippen molar-refractivity contribution >= 4 is 17.3 Å². The number of allylic oxidation sites excluding steroid dienone is 1. The van der Waals surface area contributed by atoms with Crippen LogP contribution >= 0.6 is 11.6 Å². The number of nitrogens with one attached hydrogen (secondary N) is 1. The van der Waals surface area contributed by atoms with Gasteiger partial charge in [-0.2, -0.15) is 10.4 Å². The summed E-state index contributed by atoms with van der Waals surface area (Å²) in [6.45, 7) is 2.19. The van der Waals surface area contributed by atoms with E-state index in [0.717, 1.165) is 16.8 Å². The highest BCUT2D eigenvalue weighted by molar-refractivity contribution is 6.30. The lowest BCUT2D eigenvalue weighted by Crippen LogP contribution is -2.41. The zero-order chi connectivity index (χ0) is 21.3. The van der Waals surface area contributed by atoms with Crippen molar-refractivity contribution in [3.63, 3.8) is 0 Å². The van der Waals surface area contributed by atoms with Gasteiger partial charge in [0.2, 0.25) is 5.88 Å². The number of halogens is 1. The quantitative estimate of drug-likeness (QED) is 0.759. The lowest BCUT2D eigenvalue weighted by atomic mass is 9.76. The minimum absolute atomic E-state index is 0.119. The van der Waals surface area contributed by atoms with Crippen LogP contribution in [0.3, 0.4) is 0 Å².